The van der Waals surface area contributed by atoms with Crippen LogP contribution in [0.3, 0.4) is 0 Å². The van der Waals surface area contributed by atoms with Crippen molar-refractivity contribution >= 4 is 23.4 Å². The van der Waals surface area contributed by atoms with E-state index in [0.717, 1.165) is 11.3 Å². The first-order valence-corrected chi connectivity index (χ1v) is 6.04. The Kier molecular flexibility index (Phi) is 4.58. The molecule has 1 aromatic carbocycles. The first kappa shape index (κ1) is 11.7. The molecule has 0 radical (unpaired) electrons. The van der Waals surface area contributed by atoms with Crippen LogP contribution in [0, 0.1) is 0 Å². The molecule has 0 bridgehead atoms. The number of thioether (sulfide) groups is 1. The average molecular weight is 232 g/mol. The molecule has 78 valence electrons. The van der Waals surface area contributed by atoms with Gasteiger partial charge < -0.3 is 10.5 Å². The highest BCUT2D eigenvalue weighted by Gasteiger charge is 2.08. The van der Waals surface area contributed by atoms with Crippen LogP contribution in [0.15, 0.2) is 18.2 Å². The summed E-state index contributed by atoms with van der Waals surface area (Å²) in [5.74, 6) is 1.57. The second-order valence-electron chi connectivity index (χ2n) is 2.96. The zero-order chi connectivity index (χ0) is 10.6. The molecule has 0 saturated heterocycles. The molecular formula is C10H14ClNOS. The van der Waals surface area contributed by atoms with Gasteiger partial charge in [-0.1, -0.05) is 17.7 Å². The summed E-state index contributed by atoms with van der Waals surface area (Å²) in [7, 11) is 1.60. The number of methoxy groups -OCH3 is 1. The quantitative estimate of drug-likeness (QED) is 0.866. The summed E-state index contributed by atoms with van der Waals surface area (Å²) >= 11 is 7.63. The van der Waals surface area contributed by atoms with Crippen molar-refractivity contribution in [3.8, 4) is 5.75 Å². The van der Waals surface area contributed by atoms with Crippen LogP contribution in [-0.4, -0.2) is 19.1 Å². The Labute approximate surface area is 93.8 Å². The van der Waals surface area contributed by atoms with Crippen LogP contribution >= 0.6 is 23.4 Å². The van der Waals surface area contributed by atoms with Gasteiger partial charge in [0.1, 0.15) is 5.75 Å². The van der Waals surface area contributed by atoms with E-state index in [9.17, 15) is 0 Å². The third-order valence-corrected chi connectivity index (χ3v) is 2.95. The fourth-order valence-electron chi connectivity index (χ4n) is 1.18. The van der Waals surface area contributed by atoms with Crippen molar-refractivity contribution < 1.29 is 4.74 Å². The van der Waals surface area contributed by atoms with Gasteiger partial charge in [-0.15, -0.1) is 0 Å². The second kappa shape index (κ2) is 5.49. The van der Waals surface area contributed by atoms with Crippen molar-refractivity contribution in [2.24, 2.45) is 5.73 Å². The molecular weight excluding hydrogens is 218 g/mol. The molecule has 1 unspecified atom stereocenters. The number of hydrogen-bond acceptors (Lipinski definition) is 3. The van der Waals surface area contributed by atoms with E-state index in [1.807, 2.05) is 24.5 Å². The summed E-state index contributed by atoms with van der Waals surface area (Å²) < 4.78 is 5.12. The largest absolute Gasteiger partial charge is 0.495 e. The molecule has 0 aliphatic rings. The second-order valence-corrected chi connectivity index (χ2v) is 4.27. The Morgan fingerprint density at radius 2 is 2.29 bits per heavy atom. The molecule has 0 spiro atoms. The average Bonchev–Trinajstić information content (AvgIpc) is 2.19. The van der Waals surface area contributed by atoms with Gasteiger partial charge in [0.15, 0.2) is 0 Å². The van der Waals surface area contributed by atoms with E-state index in [0.29, 0.717) is 10.8 Å². The molecule has 1 atom stereocenters. The van der Waals surface area contributed by atoms with Gasteiger partial charge in [-0.05, 0) is 24.0 Å². The third kappa shape index (κ3) is 2.80. The zero-order valence-electron chi connectivity index (χ0n) is 8.29. The molecule has 0 saturated carbocycles. The smallest absolute Gasteiger partial charge is 0.137 e. The first-order chi connectivity index (χ1) is 6.69. The lowest BCUT2D eigenvalue weighted by molar-refractivity contribution is 0.414. The van der Waals surface area contributed by atoms with Gasteiger partial charge in [-0.25, -0.2) is 0 Å². The number of rotatable bonds is 4. The molecule has 2 nitrogen and oxygen atoms in total. The van der Waals surface area contributed by atoms with Crippen molar-refractivity contribution in [1.29, 1.82) is 0 Å². The predicted octanol–water partition coefficient (Wildman–Crippen LogP) is 2.71. The topological polar surface area (TPSA) is 35.2 Å². The van der Waals surface area contributed by atoms with Crippen molar-refractivity contribution in [2.75, 3.05) is 19.1 Å². The van der Waals surface area contributed by atoms with Crippen molar-refractivity contribution in [3.63, 3.8) is 0 Å². The van der Waals surface area contributed by atoms with Crippen LogP contribution in [0.5, 0.6) is 5.75 Å². The lowest BCUT2D eigenvalue weighted by atomic mass is 10.1. The highest BCUT2D eigenvalue weighted by molar-refractivity contribution is 7.98. The molecule has 0 aromatic heterocycles. The number of hydrogen-bond donors (Lipinski definition) is 1. The highest BCUT2D eigenvalue weighted by atomic mass is 35.5. The minimum absolute atomic E-state index is 0.0381. The third-order valence-electron chi connectivity index (χ3n) is 1.95. The molecule has 0 aliphatic carbocycles. The molecule has 14 heavy (non-hydrogen) atoms. The SMILES string of the molecule is COc1cc(C(N)CSC)ccc1Cl. The Bertz CT molecular complexity index is 306. The van der Waals surface area contributed by atoms with Crippen molar-refractivity contribution in [2.45, 2.75) is 6.04 Å². The fourth-order valence-corrected chi connectivity index (χ4v) is 1.93. The van der Waals surface area contributed by atoms with Gasteiger partial charge in [-0.3, -0.25) is 0 Å². The van der Waals surface area contributed by atoms with Gasteiger partial charge >= 0.3 is 0 Å². The normalized spacial score (nSPS) is 12.6. The monoisotopic (exact) mass is 231 g/mol. The highest BCUT2D eigenvalue weighted by Crippen LogP contribution is 2.27. The van der Waals surface area contributed by atoms with Crippen LogP contribution < -0.4 is 10.5 Å². The standard InChI is InChI=1S/C10H14ClNOS/c1-13-10-5-7(3-4-8(10)11)9(12)6-14-2/h3-5,9H,6,12H2,1-2H3. The maximum atomic E-state index is 5.96. The molecule has 0 fully saturated rings. The molecule has 4 heteroatoms. The zero-order valence-corrected chi connectivity index (χ0v) is 9.86. The maximum absolute atomic E-state index is 5.96. The fraction of sp³-hybridized carbons (Fsp3) is 0.400. The van der Waals surface area contributed by atoms with Gasteiger partial charge in [0.05, 0.1) is 12.1 Å². The molecule has 0 amide bonds. The molecule has 1 aromatic rings. The van der Waals surface area contributed by atoms with Gasteiger partial charge in [-0.2, -0.15) is 11.8 Å². The molecule has 2 N–H and O–H groups in total. The first-order valence-electron chi connectivity index (χ1n) is 4.27. The summed E-state index contributed by atoms with van der Waals surface area (Å²) in [5.41, 5.74) is 7.02. The lowest BCUT2D eigenvalue weighted by Crippen LogP contribution is -2.12. The van der Waals surface area contributed by atoms with Crippen LogP contribution in [0.4, 0.5) is 0 Å². The molecule has 1 rings (SSSR count). The predicted molar refractivity (Wildman–Crippen MR) is 63.3 cm³/mol. The Balaban J connectivity index is 2.88. The summed E-state index contributed by atoms with van der Waals surface area (Å²) in [6.45, 7) is 0. The van der Waals surface area contributed by atoms with Crippen LogP contribution in [0.2, 0.25) is 5.02 Å². The number of benzene rings is 1. The van der Waals surface area contributed by atoms with Gasteiger partial charge in [0, 0.05) is 11.8 Å². The number of nitrogens with two attached hydrogens (primary N) is 1. The van der Waals surface area contributed by atoms with E-state index in [1.54, 1.807) is 18.9 Å². The van der Waals surface area contributed by atoms with Crippen LogP contribution in [-0.2, 0) is 0 Å². The Morgan fingerprint density at radius 1 is 1.57 bits per heavy atom. The van der Waals surface area contributed by atoms with Gasteiger partial charge in [0.2, 0.25) is 0 Å². The van der Waals surface area contributed by atoms with E-state index in [2.05, 4.69) is 0 Å². The number of halogens is 1. The van der Waals surface area contributed by atoms with Gasteiger partial charge in [0.25, 0.3) is 0 Å². The van der Waals surface area contributed by atoms with E-state index in [4.69, 9.17) is 22.1 Å². The Morgan fingerprint density at radius 3 is 2.86 bits per heavy atom. The van der Waals surface area contributed by atoms with Crippen LogP contribution in [0.25, 0.3) is 0 Å². The van der Waals surface area contributed by atoms with Crippen molar-refractivity contribution in [3.05, 3.63) is 28.8 Å². The maximum Gasteiger partial charge on any atom is 0.137 e. The summed E-state index contributed by atoms with van der Waals surface area (Å²) in [6.07, 6.45) is 2.03. The minimum Gasteiger partial charge on any atom is -0.495 e. The summed E-state index contributed by atoms with van der Waals surface area (Å²) in [5, 5.41) is 0.618. The Hall–Kier alpha value is -0.380. The number of ether oxygens (including phenoxy) is 1. The summed E-state index contributed by atoms with van der Waals surface area (Å²) in [6, 6.07) is 5.68. The van der Waals surface area contributed by atoms with E-state index >= 15 is 0 Å². The lowest BCUT2D eigenvalue weighted by Gasteiger charge is -2.12. The van der Waals surface area contributed by atoms with E-state index < -0.39 is 0 Å². The minimum atomic E-state index is 0.0381. The van der Waals surface area contributed by atoms with E-state index in [1.165, 1.54) is 0 Å². The van der Waals surface area contributed by atoms with Crippen LogP contribution in [0.1, 0.15) is 11.6 Å². The molecule has 0 heterocycles. The van der Waals surface area contributed by atoms with Crippen molar-refractivity contribution in [1.82, 2.24) is 0 Å². The summed E-state index contributed by atoms with van der Waals surface area (Å²) in [4.78, 5) is 0. The van der Waals surface area contributed by atoms with E-state index in [-0.39, 0.29) is 6.04 Å². The molecule has 0 aliphatic heterocycles.